The van der Waals surface area contributed by atoms with Crippen molar-refractivity contribution >= 4 is 17.4 Å². The van der Waals surface area contributed by atoms with Crippen molar-refractivity contribution < 1.29 is 10.0 Å². The van der Waals surface area contributed by atoms with Gasteiger partial charge in [0.1, 0.15) is 0 Å². The molecule has 0 aromatic heterocycles. The van der Waals surface area contributed by atoms with Gasteiger partial charge in [-0.1, -0.05) is 17.3 Å². The largest absolute Gasteiger partial charge is 0.409 e. The minimum atomic E-state index is -0.246. The average molecular weight is 264 g/mol. The van der Waals surface area contributed by atoms with Crippen LogP contribution in [0.3, 0.4) is 0 Å². The summed E-state index contributed by atoms with van der Waals surface area (Å²) in [5.74, 6) is 0.0210. The predicted molar refractivity (Wildman–Crippen MR) is 75.2 cm³/mol. The van der Waals surface area contributed by atoms with Gasteiger partial charge >= 0.3 is 0 Å². The fourth-order valence-electron chi connectivity index (χ4n) is 1.73. The quantitative estimate of drug-likeness (QED) is 0.280. The molecule has 0 heterocycles. The second-order valence-corrected chi connectivity index (χ2v) is 4.44. The molecular formula is C13H20N4O2. The maximum absolute atomic E-state index is 11.0. The third kappa shape index (κ3) is 4.59. The zero-order valence-electron chi connectivity index (χ0n) is 11.3. The van der Waals surface area contributed by atoms with E-state index < -0.39 is 0 Å². The molecule has 2 unspecified atom stereocenters. The van der Waals surface area contributed by atoms with E-state index in [0.29, 0.717) is 0 Å². The van der Waals surface area contributed by atoms with Gasteiger partial charge in [0.2, 0.25) is 5.91 Å². The Kier molecular flexibility index (Phi) is 5.32. The Morgan fingerprint density at radius 1 is 1.42 bits per heavy atom. The number of hydrogen-bond donors (Lipinski definition) is 4. The molecule has 2 atom stereocenters. The van der Waals surface area contributed by atoms with Crippen LogP contribution in [0.1, 0.15) is 32.4 Å². The molecule has 6 heteroatoms. The minimum absolute atomic E-state index is 0.00371. The topological polar surface area (TPSA) is 99.7 Å². The van der Waals surface area contributed by atoms with E-state index in [-0.39, 0.29) is 23.8 Å². The van der Waals surface area contributed by atoms with Crippen molar-refractivity contribution in [2.24, 2.45) is 10.9 Å². The fraction of sp³-hybridized carbons (Fsp3) is 0.385. The summed E-state index contributed by atoms with van der Waals surface area (Å²) in [4.78, 5) is 11.0. The van der Waals surface area contributed by atoms with Crippen LogP contribution in [0.5, 0.6) is 0 Å². The van der Waals surface area contributed by atoms with E-state index in [9.17, 15) is 4.79 Å². The Hall–Kier alpha value is -2.08. The van der Waals surface area contributed by atoms with Crippen molar-refractivity contribution in [1.82, 2.24) is 5.32 Å². The Balaban J connectivity index is 2.76. The van der Waals surface area contributed by atoms with Gasteiger partial charge in [-0.3, -0.25) is 4.79 Å². The molecule has 0 saturated heterocycles. The highest BCUT2D eigenvalue weighted by Gasteiger charge is 2.13. The molecule has 0 aliphatic rings. The number of nitrogens with two attached hydrogens (primary N) is 1. The molecule has 19 heavy (non-hydrogen) atoms. The molecule has 0 fully saturated rings. The number of amidine groups is 1. The number of carbonyl (C=O) groups is 1. The Morgan fingerprint density at radius 3 is 2.68 bits per heavy atom. The van der Waals surface area contributed by atoms with Crippen LogP contribution in [0.2, 0.25) is 0 Å². The Labute approximate surface area is 112 Å². The zero-order chi connectivity index (χ0) is 14.4. The first-order valence-corrected chi connectivity index (χ1v) is 6.05. The molecule has 0 radical (unpaired) electrons. The Morgan fingerprint density at radius 2 is 2.11 bits per heavy atom. The molecule has 0 spiro atoms. The number of oxime groups is 1. The van der Waals surface area contributed by atoms with Gasteiger partial charge in [-0.2, -0.15) is 0 Å². The normalized spacial score (nSPS) is 14.8. The number of amides is 1. The first kappa shape index (κ1) is 15.0. The molecule has 1 rings (SSSR count). The van der Waals surface area contributed by atoms with Crippen LogP contribution in [0.15, 0.2) is 29.4 Å². The highest BCUT2D eigenvalue weighted by molar-refractivity contribution is 5.88. The van der Waals surface area contributed by atoms with Crippen molar-refractivity contribution in [1.29, 1.82) is 0 Å². The number of anilines is 1. The molecule has 6 nitrogen and oxygen atoms in total. The maximum atomic E-state index is 11.0. The molecule has 0 saturated carbocycles. The summed E-state index contributed by atoms with van der Waals surface area (Å²) in [5, 5.41) is 17.5. The lowest BCUT2D eigenvalue weighted by molar-refractivity contribution is -0.114. The van der Waals surface area contributed by atoms with E-state index in [1.165, 1.54) is 6.92 Å². The van der Waals surface area contributed by atoms with Crippen molar-refractivity contribution in [3.8, 4) is 0 Å². The van der Waals surface area contributed by atoms with Gasteiger partial charge in [0, 0.05) is 18.7 Å². The SMILES string of the molecule is CC(=O)Nc1cccc(C(C)NC(C)C(N)=NO)c1. The van der Waals surface area contributed by atoms with Crippen molar-refractivity contribution in [2.75, 3.05) is 5.32 Å². The lowest BCUT2D eigenvalue weighted by Crippen LogP contribution is -2.40. The van der Waals surface area contributed by atoms with Gasteiger partial charge in [0.05, 0.1) is 6.04 Å². The van der Waals surface area contributed by atoms with Crippen LogP contribution in [0.4, 0.5) is 5.69 Å². The summed E-state index contributed by atoms with van der Waals surface area (Å²) in [5.41, 5.74) is 7.27. The molecule has 104 valence electrons. The predicted octanol–water partition coefficient (Wildman–Crippen LogP) is 1.43. The van der Waals surface area contributed by atoms with E-state index in [0.717, 1.165) is 11.3 Å². The summed E-state index contributed by atoms with van der Waals surface area (Å²) >= 11 is 0. The van der Waals surface area contributed by atoms with Gasteiger partial charge in [0.25, 0.3) is 0 Å². The van der Waals surface area contributed by atoms with Gasteiger partial charge < -0.3 is 21.6 Å². The standard InChI is InChI=1S/C13H20N4O2/c1-8(15-9(2)13(14)17-19)11-5-4-6-12(7-11)16-10(3)18/h4-9,15,19H,1-3H3,(H2,14,17)(H,16,18). The summed E-state index contributed by atoms with van der Waals surface area (Å²) < 4.78 is 0. The number of nitrogens with one attached hydrogen (secondary N) is 2. The van der Waals surface area contributed by atoms with Crippen LogP contribution in [-0.4, -0.2) is 23.0 Å². The summed E-state index contributed by atoms with van der Waals surface area (Å²) in [6.45, 7) is 5.24. The highest BCUT2D eigenvalue weighted by Crippen LogP contribution is 2.17. The van der Waals surface area contributed by atoms with Crippen LogP contribution >= 0.6 is 0 Å². The molecule has 1 aromatic carbocycles. The molecule has 1 amide bonds. The molecule has 5 N–H and O–H groups in total. The summed E-state index contributed by atoms with van der Waals surface area (Å²) in [7, 11) is 0. The monoisotopic (exact) mass is 264 g/mol. The van der Waals surface area contributed by atoms with Gasteiger partial charge in [-0.05, 0) is 31.5 Å². The van der Waals surface area contributed by atoms with Gasteiger partial charge in [-0.15, -0.1) is 0 Å². The van der Waals surface area contributed by atoms with Gasteiger partial charge in [-0.25, -0.2) is 0 Å². The third-order valence-corrected chi connectivity index (χ3v) is 2.77. The summed E-state index contributed by atoms with van der Waals surface area (Å²) in [6.07, 6.45) is 0. The smallest absolute Gasteiger partial charge is 0.221 e. The van der Waals surface area contributed by atoms with Crippen LogP contribution < -0.4 is 16.4 Å². The molecule has 0 bridgehead atoms. The van der Waals surface area contributed by atoms with Gasteiger partial charge in [0.15, 0.2) is 5.84 Å². The lowest BCUT2D eigenvalue weighted by Gasteiger charge is -2.20. The average Bonchev–Trinajstić information content (AvgIpc) is 2.37. The molecule has 0 aliphatic carbocycles. The Bertz CT molecular complexity index is 473. The minimum Gasteiger partial charge on any atom is -0.409 e. The summed E-state index contributed by atoms with van der Waals surface area (Å²) in [6, 6.07) is 7.28. The molecule has 1 aromatic rings. The van der Waals surface area contributed by atoms with E-state index >= 15 is 0 Å². The number of benzene rings is 1. The fourth-order valence-corrected chi connectivity index (χ4v) is 1.73. The number of hydrogen-bond acceptors (Lipinski definition) is 4. The van der Waals surface area contributed by atoms with E-state index in [2.05, 4.69) is 15.8 Å². The van der Waals surface area contributed by atoms with Crippen molar-refractivity contribution in [3.63, 3.8) is 0 Å². The third-order valence-electron chi connectivity index (χ3n) is 2.77. The van der Waals surface area contributed by atoms with Crippen LogP contribution in [-0.2, 0) is 4.79 Å². The van der Waals surface area contributed by atoms with Crippen molar-refractivity contribution in [3.05, 3.63) is 29.8 Å². The second-order valence-electron chi connectivity index (χ2n) is 4.44. The lowest BCUT2D eigenvalue weighted by atomic mass is 10.1. The van der Waals surface area contributed by atoms with Crippen LogP contribution in [0, 0.1) is 0 Å². The molecule has 0 aliphatic heterocycles. The maximum Gasteiger partial charge on any atom is 0.221 e. The van der Waals surface area contributed by atoms with E-state index in [1.807, 2.05) is 38.1 Å². The second kappa shape index (κ2) is 6.75. The van der Waals surface area contributed by atoms with Crippen LogP contribution in [0.25, 0.3) is 0 Å². The number of carbonyl (C=O) groups excluding carboxylic acids is 1. The van der Waals surface area contributed by atoms with E-state index in [4.69, 9.17) is 10.9 Å². The number of rotatable bonds is 5. The van der Waals surface area contributed by atoms with Crippen molar-refractivity contribution in [2.45, 2.75) is 32.9 Å². The first-order valence-electron chi connectivity index (χ1n) is 6.05. The number of nitrogens with zero attached hydrogens (tertiary/aromatic N) is 1. The highest BCUT2D eigenvalue weighted by atomic mass is 16.4. The first-order chi connectivity index (χ1) is 8.93. The van der Waals surface area contributed by atoms with E-state index in [1.54, 1.807) is 0 Å². The zero-order valence-corrected chi connectivity index (χ0v) is 11.3. The molecular weight excluding hydrogens is 244 g/mol.